The fourth-order valence-electron chi connectivity index (χ4n) is 0. The topological polar surface area (TPSA) is 98.4 Å². The minimum absolute atomic E-state index is 0. The van der Waals surface area contributed by atoms with Crippen LogP contribution in [0.1, 0.15) is 1.43 Å². The molecule has 0 radical (unpaired) electrons. The molecule has 4 N–H and O–H groups in total. The van der Waals surface area contributed by atoms with Crippen LogP contribution in [0.5, 0.6) is 0 Å². The van der Waals surface area contributed by atoms with Crippen molar-refractivity contribution < 1.29 is 63.1 Å². The van der Waals surface area contributed by atoms with E-state index in [4.69, 9.17) is 15.3 Å². The summed E-state index contributed by atoms with van der Waals surface area (Å²) < 4.78 is 0. The Morgan fingerprint density at radius 2 is 1.83 bits per heavy atom. The summed E-state index contributed by atoms with van der Waals surface area (Å²) in [5, 5.41) is 13.6. The van der Waals surface area contributed by atoms with E-state index in [0.29, 0.717) is 0 Å². The molecule has 0 aliphatic carbocycles. The van der Waals surface area contributed by atoms with Crippen LogP contribution >= 0.6 is 0 Å². The Kier molecular flexibility index (Phi) is 24.4. The standard InChI is InChI=1S/K.HNO3.H3N.H/c;2-1(3)4;;/h;(H,2,3,4);1H3;/q+1;;;-1. The maximum absolute atomic E-state index is 8.36. The van der Waals surface area contributed by atoms with Crippen LogP contribution in [0.15, 0.2) is 0 Å². The van der Waals surface area contributed by atoms with Crippen molar-refractivity contribution in [3.63, 3.8) is 0 Å². The zero-order chi connectivity index (χ0) is 3.58. The van der Waals surface area contributed by atoms with E-state index in [1.165, 1.54) is 0 Å². The van der Waals surface area contributed by atoms with E-state index >= 15 is 0 Å². The van der Waals surface area contributed by atoms with E-state index in [2.05, 4.69) is 0 Å². The van der Waals surface area contributed by atoms with Crippen LogP contribution in [0.25, 0.3) is 0 Å². The van der Waals surface area contributed by atoms with Gasteiger partial charge in [0.1, 0.15) is 0 Å². The summed E-state index contributed by atoms with van der Waals surface area (Å²) in [5.74, 6) is 0. The monoisotopic (exact) mass is 120 g/mol. The van der Waals surface area contributed by atoms with Gasteiger partial charge in [0.2, 0.25) is 0 Å². The van der Waals surface area contributed by atoms with Crippen LogP contribution in [-0.4, -0.2) is 10.3 Å². The quantitative estimate of drug-likeness (QED) is 0.201. The van der Waals surface area contributed by atoms with E-state index in [9.17, 15) is 0 Å². The second-order valence-electron chi connectivity index (χ2n) is 0.238. The van der Waals surface area contributed by atoms with Crippen molar-refractivity contribution in [2.45, 2.75) is 0 Å². The van der Waals surface area contributed by atoms with Crippen molar-refractivity contribution in [2.75, 3.05) is 0 Å². The second-order valence-corrected chi connectivity index (χ2v) is 0.238. The first-order chi connectivity index (χ1) is 1.73. The molecule has 0 bridgehead atoms. The van der Waals surface area contributed by atoms with Gasteiger partial charge < -0.3 is 12.8 Å². The van der Waals surface area contributed by atoms with Gasteiger partial charge in [0.05, 0.1) is 0 Å². The molecule has 6 heavy (non-hydrogen) atoms. The number of hydrogen-bond acceptors (Lipinski definition) is 3. The average molecular weight is 120 g/mol. The maximum Gasteiger partial charge on any atom is 1.00 e. The van der Waals surface area contributed by atoms with Crippen LogP contribution in [0, 0.1) is 10.1 Å². The van der Waals surface area contributed by atoms with Gasteiger partial charge in [-0.05, 0) is 0 Å². The molecule has 5 nitrogen and oxygen atoms in total. The Hall–Kier alpha value is 0.796. The maximum atomic E-state index is 8.36. The van der Waals surface area contributed by atoms with Crippen molar-refractivity contribution in [1.29, 1.82) is 0 Å². The molecule has 0 atom stereocenters. The molecule has 0 aromatic heterocycles. The molecule has 0 rings (SSSR count). The molecule has 0 amide bonds. The Labute approximate surface area is 78.3 Å². The fourth-order valence-corrected chi connectivity index (χ4v) is 0. The normalized spacial score (nSPS) is 4.00. The molecular weight excluding hydrogens is 115 g/mol. The second kappa shape index (κ2) is 9.25. The molecule has 0 heterocycles. The van der Waals surface area contributed by atoms with Crippen LogP contribution < -0.4 is 57.5 Å². The van der Waals surface area contributed by atoms with E-state index in [1.807, 2.05) is 0 Å². The van der Waals surface area contributed by atoms with Crippen molar-refractivity contribution in [3.05, 3.63) is 10.1 Å². The van der Waals surface area contributed by atoms with Crippen molar-refractivity contribution in [1.82, 2.24) is 6.15 Å². The third kappa shape index (κ3) is 109. The van der Waals surface area contributed by atoms with Gasteiger partial charge in [-0.1, -0.05) is 0 Å². The minimum atomic E-state index is -1.50. The summed E-state index contributed by atoms with van der Waals surface area (Å²) in [4.78, 5) is 8.36. The summed E-state index contributed by atoms with van der Waals surface area (Å²) >= 11 is 0. The van der Waals surface area contributed by atoms with Crippen LogP contribution in [-0.2, 0) is 0 Å². The first-order valence-electron chi connectivity index (χ1n) is 0.565. The third-order valence-corrected chi connectivity index (χ3v) is 0. The predicted octanol–water partition coefficient (Wildman–Crippen LogP) is -3.07. The minimum Gasteiger partial charge on any atom is -1.00 e. The SMILES string of the molecule is N.O=[N+]([O-])O.[H-].[K+]. The molecule has 0 aromatic rings. The largest absolute Gasteiger partial charge is 1.00 e. The Morgan fingerprint density at radius 3 is 1.83 bits per heavy atom. The van der Waals surface area contributed by atoms with Gasteiger partial charge >= 0.3 is 51.4 Å². The number of hydrogen-bond donors (Lipinski definition) is 2. The van der Waals surface area contributed by atoms with Gasteiger partial charge in [0.15, 0.2) is 0 Å². The summed E-state index contributed by atoms with van der Waals surface area (Å²) in [6, 6.07) is 0. The predicted molar refractivity (Wildman–Crippen MR) is 14.9 cm³/mol. The zero-order valence-electron chi connectivity index (χ0n) is 4.42. The molecule has 0 aliphatic heterocycles. The molecule has 0 saturated carbocycles. The first-order valence-corrected chi connectivity index (χ1v) is 0.565. The average Bonchev–Trinajstić information content (AvgIpc) is 0.811. The Balaban J connectivity index is -0.0000000150. The van der Waals surface area contributed by atoms with Crippen molar-refractivity contribution >= 4 is 0 Å². The smallest absolute Gasteiger partial charge is 1.00 e. The third-order valence-electron chi connectivity index (χ3n) is 0. The summed E-state index contributed by atoms with van der Waals surface area (Å²) in [6.07, 6.45) is 0. The molecule has 6 heteroatoms. The van der Waals surface area contributed by atoms with Crippen molar-refractivity contribution in [3.8, 4) is 0 Å². The first kappa shape index (κ1) is 15.8. The number of nitrogens with zero attached hydrogens (tertiary/aromatic N) is 1. The number of rotatable bonds is 0. The molecule has 0 aromatic carbocycles. The van der Waals surface area contributed by atoms with Crippen LogP contribution in [0.4, 0.5) is 0 Å². The molecule has 0 spiro atoms. The Morgan fingerprint density at radius 1 is 1.83 bits per heavy atom. The molecule has 34 valence electrons. The van der Waals surface area contributed by atoms with E-state index in [-0.39, 0.29) is 59.0 Å². The van der Waals surface area contributed by atoms with Gasteiger partial charge in [-0.15, -0.1) is 10.1 Å². The molecular formula is H5KN2O3. The van der Waals surface area contributed by atoms with Gasteiger partial charge in [0.25, 0.3) is 5.09 Å². The van der Waals surface area contributed by atoms with Crippen molar-refractivity contribution in [2.24, 2.45) is 0 Å². The summed E-state index contributed by atoms with van der Waals surface area (Å²) in [7, 11) is 0. The van der Waals surface area contributed by atoms with Crippen LogP contribution in [0.2, 0.25) is 0 Å². The summed E-state index contributed by atoms with van der Waals surface area (Å²) in [6.45, 7) is 0. The van der Waals surface area contributed by atoms with E-state index in [0.717, 1.165) is 0 Å². The summed E-state index contributed by atoms with van der Waals surface area (Å²) in [5.41, 5.74) is 0. The van der Waals surface area contributed by atoms with Gasteiger partial charge in [-0.3, -0.25) is 0 Å². The Bertz CT molecular complexity index is 35.9. The van der Waals surface area contributed by atoms with E-state index < -0.39 is 5.09 Å². The van der Waals surface area contributed by atoms with Gasteiger partial charge in [-0.2, -0.15) is 0 Å². The zero-order valence-corrected chi connectivity index (χ0v) is 6.54. The molecule has 0 aliphatic rings. The molecule has 0 unspecified atom stereocenters. The van der Waals surface area contributed by atoms with Gasteiger partial charge in [-0.25, -0.2) is 0 Å². The van der Waals surface area contributed by atoms with Gasteiger partial charge in [0, 0.05) is 0 Å². The molecule has 0 saturated heterocycles. The van der Waals surface area contributed by atoms with Crippen LogP contribution in [0.3, 0.4) is 0 Å². The van der Waals surface area contributed by atoms with E-state index in [1.54, 1.807) is 0 Å². The fraction of sp³-hybridized carbons (Fsp3) is 0. The molecule has 0 fully saturated rings.